The monoisotopic (exact) mass is 474 g/mol. The lowest BCUT2D eigenvalue weighted by Crippen LogP contribution is -2.52. The van der Waals surface area contributed by atoms with Crippen molar-refractivity contribution in [3.05, 3.63) is 83.8 Å². The van der Waals surface area contributed by atoms with Crippen LogP contribution in [0.1, 0.15) is 43.0 Å². The zero-order valence-electron chi connectivity index (χ0n) is 18.3. The molecule has 0 bridgehead atoms. The fraction of sp³-hybridized carbons (Fsp3) is 0.429. The minimum atomic E-state index is -1.18. The average molecular weight is 474 g/mol. The first-order chi connectivity index (χ1) is 16.0. The van der Waals surface area contributed by atoms with Crippen molar-refractivity contribution >= 4 is 0 Å². The third-order valence-corrected chi connectivity index (χ3v) is 5.48. The summed E-state index contributed by atoms with van der Waals surface area (Å²) in [6, 6.07) is 8.50. The highest BCUT2D eigenvalue weighted by molar-refractivity contribution is 5.46. The Labute approximate surface area is 192 Å². The van der Waals surface area contributed by atoms with Crippen LogP contribution in [0.15, 0.2) is 41.3 Å². The third kappa shape index (κ3) is 5.41. The Morgan fingerprint density at radius 2 is 2.00 bits per heavy atom. The van der Waals surface area contributed by atoms with E-state index in [2.05, 4.69) is 9.68 Å². The van der Waals surface area contributed by atoms with Crippen molar-refractivity contribution in [1.29, 1.82) is 5.26 Å². The van der Waals surface area contributed by atoms with Crippen LogP contribution in [0.4, 0.5) is 0 Å². The molecule has 0 saturated heterocycles. The predicted octanol–water partition coefficient (Wildman–Crippen LogP) is 1.56. The fourth-order valence-electron chi connectivity index (χ4n) is 3.86. The zero-order valence-corrected chi connectivity index (χ0v) is 18.3. The van der Waals surface area contributed by atoms with Crippen LogP contribution in [-0.4, -0.2) is 44.3 Å². The van der Waals surface area contributed by atoms with Gasteiger partial charge in [0.2, 0.25) is 0 Å². The van der Waals surface area contributed by atoms with Gasteiger partial charge in [-0.25, -0.2) is 0 Å². The van der Waals surface area contributed by atoms with E-state index in [1.807, 2.05) is 6.07 Å². The maximum absolute atomic E-state index is 12.8. The third-order valence-electron chi connectivity index (χ3n) is 5.48. The standard InChI is InChI=1S/C21H22N4O9/c1-21(2)20(27)19(16-10-13(11-22)3-5-17(16)33-21)23-12-14(4-6-18(23)26)9-15(34-25(30)31)7-8-32-24(28)29/h3-6,10,12,15,19-20,27H,7-9H2,1-2H3. The molecule has 13 heteroatoms. The van der Waals surface area contributed by atoms with Gasteiger partial charge in [0.15, 0.2) is 0 Å². The molecule has 1 aliphatic heterocycles. The number of nitrogens with zero attached hydrogens (tertiary/aromatic N) is 4. The number of hydrogen-bond donors (Lipinski definition) is 1. The minimum Gasteiger partial charge on any atom is -0.485 e. The van der Waals surface area contributed by atoms with E-state index in [9.17, 15) is 35.4 Å². The molecule has 3 atom stereocenters. The molecule has 34 heavy (non-hydrogen) atoms. The van der Waals surface area contributed by atoms with Gasteiger partial charge in [0.1, 0.15) is 23.6 Å². The van der Waals surface area contributed by atoms with E-state index in [0.29, 0.717) is 22.4 Å². The molecule has 0 saturated carbocycles. The molecule has 0 aliphatic carbocycles. The average Bonchev–Trinajstić information content (AvgIpc) is 2.75. The summed E-state index contributed by atoms with van der Waals surface area (Å²) in [5.41, 5.74) is -0.334. The van der Waals surface area contributed by atoms with Crippen LogP contribution in [-0.2, 0) is 16.1 Å². The van der Waals surface area contributed by atoms with Crippen molar-refractivity contribution in [2.75, 3.05) is 6.61 Å². The molecule has 0 spiro atoms. The molecular formula is C21H22N4O9. The van der Waals surface area contributed by atoms with Gasteiger partial charge >= 0.3 is 0 Å². The van der Waals surface area contributed by atoms with Gasteiger partial charge in [0.05, 0.1) is 24.3 Å². The largest absolute Gasteiger partial charge is 0.485 e. The summed E-state index contributed by atoms with van der Waals surface area (Å²) < 4.78 is 7.16. The molecule has 0 fully saturated rings. The van der Waals surface area contributed by atoms with E-state index in [1.165, 1.54) is 29.0 Å². The summed E-state index contributed by atoms with van der Waals surface area (Å²) in [4.78, 5) is 42.9. The number of aromatic nitrogens is 1. The van der Waals surface area contributed by atoms with Crippen LogP contribution in [0.25, 0.3) is 0 Å². The van der Waals surface area contributed by atoms with Crippen molar-refractivity contribution in [2.24, 2.45) is 0 Å². The summed E-state index contributed by atoms with van der Waals surface area (Å²) in [5.74, 6) is 0.406. The van der Waals surface area contributed by atoms with Crippen LogP contribution in [0.5, 0.6) is 5.75 Å². The second-order valence-electron chi connectivity index (χ2n) is 8.24. The zero-order chi connectivity index (χ0) is 25.0. The first kappa shape index (κ1) is 24.5. The van der Waals surface area contributed by atoms with Crippen LogP contribution in [0.2, 0.25) is 0 Å². The summed E-state index contributed by atoms with van der Waals surface area (Å²) in [6.45, 7) is 2.91. The number of ether oxygens (including phenoxy) is 1. The Bertz CT molecular complexity index is 1190. The van der Waals surface area contributed by atoms with E-state index in [0.717, 1.165) is 0 Å². The number of rotatable bonds is 9. The number of fused-ring (bicyclic) bond motifs is 1. The molecule has 180 valence electrons. The Kier molecular flexibility index (Phi) is 7.02. The lowest BCUT2D eigenvalue weighted by atomic mass is 9.85. The van der Waals surface area contributed by atoms with Crippen LogP contribution >= 0.6 is 0 Å². The first-order valence-electron chi connectivity index (χ1n) is 10.2. The molecular weight excluding hydrogens is 452 g/mol. The lowest BCUT2D eigenvalue weighted by molar-refractivity contribution is -0.773. The van der Waals surface area contributed by atoms with Gasteiger partial charge in [-0.3, -0.25) is 4.79 Å². The number of aliphatic hydroxyl groups excluding tert-OH is 1. The molecule has 0 radical (unpaired) electrons. The van der Waals surface area contributed by atoms with Gasteiger partial charge in [0, 0.05) is 24.2 Å². The van der Waals surface area contributed by atoms with Crippen molar-refractivity contribution < 1.29 is 29.7 Å². The molecule has 2 aromatic rings. The van der Waals surface area contributed by atoms with Crippen molar-refractivity contribution in [1.82, 2.24) is 4.57 Å². The van der Waals surface area contributed by atoms with Crippen LogP contribution in [0.3, 0.4) is 0 Å². The van der Waals surface area contributed by atoms with E-state index in [4.69, 9.17) is 4.74 Å². The smallest absolute Gasteiger partial charge is 0.294 e. The topological polar surface area (TPSA) is 180 Å². The predicted molar refractivity (Wildman–Crippen MR) is 114 cm³/mol. The number of aliphatic hydroxyl groups is 1. The summed E-state index contributed by atoms with van der Waals surface area (Å²) in [7, 11) is 0. The Morgan fingerprint density at radius 1 is 1.26 bits per heavy atom. The second-order valence-corrected chi connectivity index (χ2v) is 8.24. The molecule has 1 aromatic carbocycles. The maximum Gasteiger partial charge on any atom is 0.294 e. The summed E-state index contributed by atoms with van der Waals surface area (Å²) in [5, 5.41) is 39.6. The Morgan fingerprint density at radius 3 is 2.65 bits per heavy atom. The number of pyridine rings is 1. The van der Waals surface area contributed by atoms with E-state index in [-0.39, 0.29) is 12.8 Å². The van der Waals surface area contributed by atoms with Crippen LogP contribution in [0, 0.1) is 31.6 Å². The highest BCUT2D eigenvalue weighted by atomic mass is 17.0. The van der Waals surface area contributed by atoms with Crippen molar-refractivity contribution in [3.8, 4) is 11.8 Å². The van der Waals surface area contributed by atoms with Crippen molar-refractivity contribution in [2.45, 2.75) is 50.5 Å². The molecule has 0 amide bonds. The van der Waals surface area contributed by atoms with Gasteiger partial charge < -0.3 is 24.1 Å². The molecule has 1 aromatic heterocycles. The minimum absolute atomic E-state index is 0.0594. The lowest BCUT2D eigenvalue weighted by Gasteiger charge is -2.42. The SMILES string of the molecule is CC1(C)Oc2ccc(C#N)cc2C(n2cc(CC(CCO[N+](=O)[O-])O[N+](=O)[O-])ccc2=O)C1O. The van der Waals surface area contributed by atoms with Crippen LogP contribution < -0.4 is 10.3 Å². The van der Waals surface area contributed by atoms with E-state index in [1.54, 1.807) is 26.0 Å². The molecule has 2 heterocycles. The number of hydrogen-bond acceptors (Lipinski definition) is 10. The normalized spacial score (nSPS) is 19.1. The second kappa shape index (κ2) is 9.75. The highest BCUT2D eigenvalue weighted by Crippen LogP contribution is 2.41. The van der Waals surface area contributed by atoms with E-state index < -0.39 is 46.2 Å². The molecule has 13 nitrogen and oxygen atoms in total. The first-order valence-corrected chi connectivity index (χ1v) is 10.2. The van der Waals surface area contributed by atoms with Gasteiger partial charge in [-0.05, 0) is 44.0 Å². The van der Waals surface area contributed by atoms with Gasteiger partial charge in [-0.1, -0.05) is 6.07 Å². The number of benzene rings is 1. The van der Waals surface area contributed by atoms with Gasteiger partial charge in [-0.15, -0.1) is 20.2 Å². The summed E-state index contributed by atoms with van der Waals surface area (Å²) in [6.07, 6.45) is -1.03. The number of nitriles is 1. The Hall–Kier alpha value is -4.18. The molecule has 1 N–H and O–H groups in total. The molecule has 3 unspecified atom stereocenters. The quantitative estimate of drug-likeness (QED) is 0.414. The maximum atomic E-state index is 12.8. The van der Waals surface area contributed by atoms with Gasteiger partial charge in [0.25, 0.3) is 15.7 Å². The molecule has 3 rings (SSSR count). The Balaban J connectivity index is 1.99. The summed E-state index contributed by atoms with van der Waals surface area (Å²) >= 11 is 0. The van der Waals surface area contributed by atoms with Gasteiger partial charge in [-0.2, -0.15) is 5.26 Å². The fourth-order valence-corrected chi connectivity index (χ4v) is 3.86. The molecule has 1 aliphatic rings. The highest BCUT2D eigenvalue weighted by Gasteiger charge is 2.44. The van der Waals surface area contributed by atoms with E-state index >= 15 is 0 Å². The van der Waals surface area contributed by atoms with Crippen molar-refractivity contribution in [3.63, 3.8) is 0 Å².